The van der Waals surface area contributed by atoms with Gasteiger partial charge >= 0.3 is 0 Å². The van der Waals surface area contributed by atoms with Crippen LogP contribution in [-0.4, -0.2) is 37.4 Å². The van der Waals surface area contributed by atoms with E-state index in [-0.39, 0.29) is 30.8 Å². The van der Waals surface area contributed by atoms with Crippen LogP contribution in [0.15, 0.2) is 0 Å². The number of rotatable bonds is 6. The van der Waals surface area contributed by atoms with Gasteiger partial charge in [-0.2, -0.15) is 0 Å². The van der Waals surface area contributed by atoms with Gasteiger partial charge < -0.3 is 16.0 Å². The van der Waals surface area contributed by atoms with Crippen molar-refractivity contribution in [1.82, 2.24) is 16.0 Å². The normalized spacial score (nSPS) is 16.4. The van der Waals surface area contributed by atoms with Gasteiger partial charge in [-0.15, -0.1) is 0 Å². The van der Waals surface area contributed by atoms with Crippen molar-refractivity contribution in [2.24, 2.45) is 5.92 Å². The molecule has 0 radical (unpaired) electrons. The van der Waals surface area contributed by atoms with Crippen molar-refractivity contribution in [2.75, 3.05) is 19.6 Å². The SMILES string of the molecule is CC(=O)NCC(=O)NCC(=O)NCC1CCCCCCC1. The fraction of sp³-hybridized carbons (Fsp3) is 0.800. The molecule has 0 aromatic heterocycles. The quantitative estimate of drug-likeness (QED) is 0.675. The van der Waals surface area contributed by atoms with E-state index in [1.54, 1.807) is 0 Å². The third kappa shape index (κ3) is 9.05. The largest absolute Gasteiger partial charge is 0.354 e. The summed E-state index contributed by atoms with van der Waals surface area (Å²) in [6.45, 7) is 1.91. The molecule has 1 aliphatic carbocycles. The molecule has 0 bridgehead atoms. The molecule has 0 atom stereocenters. The maximum Gasteiger partial charge on any atom is 0.239 e. The summed E-state index contributed by atoms with van der Waals surface area (Å²) in [6.07, 6.45) is 8.76. The number of carbonyl (C=O) groups is 3. The Labute approximate surface area is 126 Å². The van der Waals surface area contributed by atoms with Gasteiger partial charge in [-0.25, -0.2) is 0 Å². The fourth-order valence-electron chi connectivity index (χ4n) is 2.51. The molecule has 1 saturated carbocycles. The van der Waals surface area contributed by atoms with Crippen molar-refractivity contribution in [3.8, 4) is 0 Å². The van der Waals surface area contributed by atoms with E-state index in [9.17, 15) is 14.4 Å². The smallest absolute Gasteiger partial charge is 0.239 e. The standard InChI is InChI=1S/C15H27N3O3/c1-12(19)16-10-14(20)18-11-15(21)17-9-13-7-5-3-2-4-6-8-13/h13H,2-11H2,1H3,(H,16,19)(H,17,21)(H,18,20). The molecule has 1 rings (SSSR count). The highest BCUT2D eigenvalue weighted by molar-refractivity contribution is 5.87. The molecule has 1 fully saturated rings. The second-order valence-electron chi connectivity index (χ2n) is 5.70. The molecule has 3 N–H and O–H groups in total. The summed E-state index contributed by atoms with van der Waals surface area (Å²) in [5.41, 5.74) is 0. The first-order valence-electron chi connectivity index (χ1n) is 7.85. The number of hydrogen-bond acceptors (Lipinski definition) is 3. The first-order chi connectivity index (χ1) is 10.1. The molecule has 0 aromatic rings. The van der Waals surface area contributed by atoms with Crippen LogP contribution in [0.3, 0.4) is 0 Å². The molecule has 21 heavy (non-hydrogen) atoms. The zero-order valence-electron chi connectivity index (χ0n) is 12.9. The van der Waals surface area contributed by atoms with Crippen molar-refractivity contribution in [3.63, 3.8) is 0 Å². The van der Waals surface area contributed by atoms with E-state index < -0.39 is 0 Å². The minimum atomic E-state index is -0.355. The molecule has 0 heterocycles. The van der Waals surface area contributed by atoms with Gasteiger partial charge in [0.05, 0.1) is 13.1 Å². The van der Waals surface area contributed by atoms with Crippen molar-refractivity contribution < 1.29 is 14.4 Å². The van der Waals surface area contributed by atoms with E-state index in [2.05, 4.69) is 16.0 Å². The van der Waals surface area contributed by atoms with Crippen molar-refractivity contribution in [3.05, 3.63) is 0 Å². The average Bonchev–Trinajstić information content (AvgIpc) is 2.41. The molecule has 0 aromatic carbocycles. The van der Waals surface area contributed by atoms with E-state index in [1.807, 2.05) is 0 Å². The average molecular weight is 297 g/mol. The van der Waals surface area contributed by atoms with Crippen molar-refractivity contribution >= 4 is 17.7 Å². The maximum atomic E-state index is 11.7. The van der Waals surface area contributed by atoms with Gasteiger partial charge in [-0.1, -0.05) is 32.1 Å². The Kier molecular flexibility index (Phi) is 8.47. The van der Waals surface area contributed by atoms with E-state index in [0.717, 1.165) is 0 Å². The summed E-state index contributed by atoms with van der Waals surface area (Å²) in [6, 6.07) is 0. The molecular weight excluding hydrogens is 270 g/mol. The lowest BCUT2D eigenvalue weighted by Crippen LogP contribution is -2.42. The summed E-state index contributed by atoms with van der Waals surface area (Å²) < 4.78 is 0. The second-order valence-corrected chi connectivity index (χ2v) is 5.70. The van der Waals surface area contributed by atoms with E-state index in [1.165, 1.54) is 51.9 Å². The Hall–Kier alpha value is -1.59. The summed E-state index contributed by atoms with van der Waals surface area (Å²) in [5.74, 6) is -0.234. The number of amides is 3. The minimum absolute atomic E-state index is 0.0366. The lowest BCUT2D eigenvalue weighted by atomic mass is 9.91. The van der Waals surface area contributed by atoms with Crippen LogP contribution in [0.4, 0.5) is 0 Å². The zero-order chi connectivity index (χ0) is 15.5. The van der Waals surface area contributed by atoms with Gasteiger partial charge in [0.2, 0.25) is 17.7 Å². The first kappa shape index (κ1) is 17.5. The summed E-state index contributed by atoms with van der Waals surface area (Å²) >= 11 is 0. The van der Waals surface area contributed by atoms with Crippen molar-refractivity contribution in [1.29, 1.82) is 0 Å². The summed E-state index contributed by atoms with van der Waals surface area (Å²) in [4.78, 5) is 33.7. The Morgan fingerprint density at radius 2 is 1.33 bits per heavy atom. The van der Waals surface area contributed by atoms with Gasteiger partial charge in [-0.3, -0.25) is 14.4 Å². The van der Waals surface area contributed by atoms with Crippen LogP contribution in [-0.2, 0) is 14.4 Å². The topological polar surface area (TPSA) is 87.3 Å². The van der Waals surface area contributed by atoms with Crippen LogP contribution in [0, 0.1) is 5.92 Å². The highest BCUT2D eigenvalue weighted by atomic mass is 16.2. The Balaban J connectivity index is 2.12. The molecule has 6 nitrogen and oxygen atoms in total. The molecule has 0 spiro atoms. The zero-order valence-corrected chi connectivity index (χ0v) is 12.9. The molecule has 1 aliphatic rings. The van der Waals surface area contributed by atoms with Crippen LogP contribution in [0.25, 0.3) is 0 Å². The van der Waals surface area contributed by atoms with Gasteiger partial charge in [-0.05, 0) is 18.8 Å². The molecule has 120 valence electrons. The van der Waals surface area contributed by atoms with E-state index in [0.29, 0.717) is 12.5 Å². The third-order valence-electron chi connectivity index (χ3n) is 3.76. The first-order valence-corrected chi connectivity index (χ1v) is 7.85. The van der Waals surface area contributed by atoms with Crippen molar-refractivity contribution in [2.45, 2.75) is 51.9 Å². The highest BCUT2D eigenvalue weighted by Gasteiger charge is 2.13. The number of nitrogens with one attached hydrogen (secondary N) is 3. The van der Waals surface area contributed by atoms with Gasteiger partial charge in [0.25, 0.3) is 0 Å². The molecule has 6 heteroatoms. The Morgan fingerprint density at radius 1 is 0.810 bits per heavy atom. The van der Waals surface area contributed by atoms with Gasteiger partial charge in [0.15, 0.2) is 0 Å². The number of hydrogen-bond donors (Lipinski definition) is 3. The Bertz CT molecular complexity index is 350. The fourth-order valence-corrected chi connectivity index (χ4v) is 2.51. The minimum Gasteiger partial charge on any atom is -0.354 e. The molecule has 0 unspecified atom stereocenters. The second kappa shape index (κ2) is 10.2. The number of carbonyl (C=O) groups excluding carboxylic acids is 3. The van der Waals surface area contributed by atoms with Crippen LogP contribution in [0.1, 0.15) is 51.9 Å². The maximum absolute atomic E-state index is 11.7. The predicted octanol–water partition coefficient (Wildman–Crippen LogP) is 0.715. The van der Waals surface area contributed by atoms with Crippen LogP contribution >= 0.6 is 0 Å². The van der Waals surface area contributed by atoms with E-state index >= 15 is 0 Å². The monoisotopic (exact) mass is 297 g/mol. The predicted molar refractivity (Wildman–Crippen MR) is 80.5 cm³/mol. The van der Waals surface area contributed by atoms with Crippen LogP contribution in [0.5, 0.6) is 0 Å². The van der Waals surface area contributed by atoms with Crippen LogP contribution < -0.4 is 16.0 Å². The molecule has 0 saturated heterocycles. The van der Waals surface area contributed by atoms with Gasteiger partial charge in [0.1, 0.15) is 0 Å². The molecule has 0 aliphatic heterocycles. The summed E-state index contributed by atoms with van der Waals surface area (Å²) in [7, 11) is 0. The van der Waals surface area contributed by atoms with Crippen LogP contribution in [0.2, 0.25) is 0 Å². The van der Waals surface area contributed by atoms with E-state index in [4.69, 9.17) is 0 Å². The Morgan fingerprint density at radius 3 is 1.95 bits per heavy atom. The third-order valence-corrected chi connectivity index (χ3v) is 3.76. The summed E-state index contributed by atoms with van der Waals surface area (Å²) in [5, 5.41) is 7.74. The lowest BCUT2D eigenvalue weighted by Gasteiger charge is -2.20. The highest BCUT2D eigenvalue weighted by Crippen LogP contribution is 2.21. The molecular formula is C15H27N3O3. The van der Waals surface area contributed by atoms with Gasteiger partial charge in [0, 0.05) is 13.5 Å². The lowest BCUT2D eigenvalue weighted by molar-refractivity contribution is -0.127. The molecule has 3 amide bonds.